The second kappa shape index (κ2) is 4.83. The largest absolute Gasteiger partial charge is 0.416 e. The molecule has 1 aromatic carbocycles. The molecule has 94 valence electrons. The molecule has 3 nitrogen and oxygen atoms in total. The minimum absolute atomic E-state index is 0.0619. The number of benzene rings is 1. The summed E-state index contributed by atoms with van der Waals surface area (Å²) in [6.45, 7) is 0. The Morgan fingerprint density at radius 3 is 2.41 bits per heavy atom. The minimum atomic E-state index is -4.51. The Hall–Kier alpha value is -1.43. The predicted octanol–water partition coefficient (Wildman–Crippen LogP) is 3.42. The lowest BCUT2D eigenvalue weighted by atomic mass is 10.2. The van der Waals surface area contributed by atoms with E-state index in [1.165, 1.54) is 14.1 Å². The summed E-state index contributed by atoms with van der Waals surface area (Å²) >= 11 is 5.63. The average Bonchev–Trinajstić information content (AvgIpc) is 2.19. The Labute approximate surface area is 101 Å². The Kier molecular flexibility index (Phi) is 3.87. The lowest BCUT2D eigenvalue weighted by Crippen LogP contribution is -2.25. The molecule has 0 bridgehead atoms. The zero-order valence-electron chi connectivity index (χ0n) is 9.01. The van der Waals surface area contributed by atoms with Gasteiger partial charge in [0.2, 0.25) is 0 Å². The Balaban J connectivity index is 3.03. The number of amides is 1. The van der Waals surface area contributed by atoms with Crippen molar-refractivity contribution in [2.75, 3.05) is 14.1 Å². The molecule has 1 rings (SSSR count). The first kappa shape index (κ1) is 13.6. The Morgan fingerprint density at radius 1 is 1.35 bits per heavy atom. The zero-order chi connectivity index (χ0) is 13.2. The third kappa shape index (κ3) is 3.52. The molecule has 0 radical (unpaired) electrons. The van der Waals surface area contributed by atoms with Gasteiger partial charge in [-0.05, 0) is 18.2 Å². The fourth-order valence-electron chi connectivity index (χ4n) is 0.943. The van der Waals surface area contributed by atoms with Gasteiger partial charge in [0.1, 0.15) is 0 Å². The molecule has 0 saturated carbocycles. The smallest absolute Gasteiger partial charge is 0.409 e. The molecular weight excluding hydrogens is 259 g/mol. The molecule has 1 amide bonds. The van der Waals surface area contributed by atoms with Crippen molar-refractivity contribution < 1.29 is 22.7 Å². The summed E-state index contributed by atoms with van der Waals surface area (Å²) in [5.41, 5.74) is -0.927. The van der Waals surface area contributed by atoms with Gasteiger partial charge in [0, 0.05) is 14.1 Å². The maximum atomic E-state index is 12.4. The third-order valence-electron chi connectivity index (χ3n) is 1.82. The van der Waals surface area contributed by atoms with Crippen LogP contribution in [0, 0.1) is 0 Å². The van der Waals surface area contributed by atoms with Crippen molar-refractivity contribution in [3.63, 3.8) is 0 Å². The number of alkyl halides is 3. The van der Waals surface area contributed by atoms with Gasteiger partial charge in [-0.2, -0.15) is 13.2 Å². The fourth-order valence-corrected chi connectivity index (χ4v) is 1.10. The SMILES string of the molecule is CN(C)C(=O)Oc1cc(C(F)(F)F)ccc1Cl. The van der Waals surface area contributed by atoms with E-state index in [2.05, 4.69) is 0 Å². The first-order valence-electron chi connectivity index (χ1n) is 4.47. The molecule has 0 saturated heterocycles. The van der Waals surface area contributed by atoms with E-state index in [0.29, 0.717) is 6.07 Å². The average molecular weight is 268 g/mol. The third-order valence-corrected chi connectivity index (χ3v) is 2.13. The van der Waals surface area contributed by atoms with Gasteiger partial charge in [0.25, 0.3) is 0 Å². The van der Waals surface area contributed by atoms with Crippen molar-refractivity contribution >= 4 is 17.7 Å². The number of carbonyl (C=O) groups is 1. The van der Waals surface area contributed by atoms with E-state index in [0.717, 1.165) is 17.0 Å². The van der Waals surface area contributed by atoms with Gasteiger partial charge in [-0.3, -0.25) is 0 Å². The molecule has 7 heteroatoms. The lowest BCUT2D eigenvalue weighted by molar-refractivity contribution is -0.137. The highest BCUT2D eigenvalue weighted by atomic mass is 35.5. The van der Waals surface area contributed by atoms with E-state index >= 15 is 0 Å². The topological polar surface area (TPSA) is 29.5 Å². The molecule has 17 heavy (non-hydrogen) atoms. The van der Waals surface area contributed by atoms with Crippen LogP contribution < -0.4 is 4.74 Å². The second-order valence-corrected chi connectivity index (χ2v) is 3.81. The van der Waals surface area contributed by atoms with E-state index in [9.17, 15) is 18.0 Å². The highest BCUT2D eigenvalue weighted by molar-refractivity contribution is 6.32. The molecule has 1 aromatic rings. The monoisotopic (exact) mass is 267 g/mol. The van der Waals surface area contributed by atoms with E-state index in [-0.39, 0.29) is 10.8 Å². The highest BCUT2D eigenvalue weighted by Crippen LogP contribution is 2.34. The molecule has 0 fully saturated rings. The van der Waals surface area contributed by atoms with E-state index in [4.69, 9.17) is 16.3 Å². The number of halogens is 4. The van der Waals surface area contributed by atoms with Crippen LogP contribution in [0.3, 0.4) is 0 Å². The van der Waals surface area contributed by atoms with Crippen LogP contribution in [0.2, 0.25) is 5.02 Å². The van der Waals surface area contributed by atoms with Crippen LogP contribution in [0.15, 0.2) is 18.2 Å². The van der Waals surface area contributed by atoms with E-state index in [1.807, 2.05) is 0 Å². The van der Waals surface area contributed by atoms with Gasteiger partial charge in [-0.1, -0.05) is 11.6 Å². The van der Waals surface area contributed by atoms with Crippen LogP contribution in [0.4, 0.5) is 18.0 Å². The number of hydrogen-bond donors (Lipinski definition) is 0. The van der Waals surface area contributed by atoms with E-state index < -0.39 is 17.8 Å². The minimum Gasteiger partial charge on any atom is -0.409 e. The van der Waals surface area contributed by atoms with Crippen molar-refractivity contribution in [3.8, 4) is 5.75 Å². The maximum Gasteiger partial charge on any atom is 0.416 e. The molecule has 0 heterocycles. The van der Waals surface area contributed by atoms with Gasteiger partial charge in [0.15, 0.2) is 5.75 Å². The number of carbonyl (C=O) groups excluding carboxylic acids is 1. The van der Waals surface area contributed by atoms with Crippen molar-refractivity contribution in [1.29, 1.82) is 0 Å². The normalized spacial score (nSPS) is 11.2. The Bertz CT molecular complexity index is 432. The number of ether oxygens (including phenoxy) is 1. The van der Waals surface area contributed by atoms with Crippen molar-refractivity contribution in [1.82, 2.24) is 4.90 Å². The number of nitrogens with zero attached hydrogens (tertiary/aromatic N) is 1. The molecule has 0 aliphatic rings. The molecule has 0 aliphatic heterocycles. The van der Waals surface area contributed by atoms with Gasteiger partial charge >= 0.3 is 12.3 Å². The number of hydrogen-bond acceptors (Lipinski definition) is 2. The molecular formula is C10H9ClF3NO2. The van der Waals surface area contributed by atoms with Crippen LogP contribution in [0.1, 0.15) is 5.56 Å². The van der Waals surface area contributed by atoms with Crippen LogP contribution >= 0.6 is 11.6 Å². The summed E-state index contributed by atoms with van der Waals surface area (Å²) in [5, 5.41) is -0.0619. The molecule has 0 N–H and O–H groups in total. The molecule has 0 aromatic heterocycles. The van der Waals surface area contributed by atoms with Gasteiger partial charge in [-0.25, -0.2) is 4.79 Å². The molecule has 0 unspecified atom stereocenters. The first-order valence-corrected chi connectivity index (χ1v) is 4.85. The van der Waals surface area contributed by atoms with Gasteiger partial charge in [0.05, 0.1) is 10.6 Å². The maximum absolute atomic E-state index is 12.4. The first-order chi connectivity index (χ1) is 7.71. The summed E-state index contributed by atoms with van der Waals surface area (Å²) in [7, 11) is 2.81. The van der Waals surface area contributed by atoms with Crippen LogP contribution in [0.25, 0.3) is 0 Å². The van der Waals surface area contributed by atoms with Crippen LogP contribution in [-0.2, 0) is 6.18 Å². The summed E-state index contributed by atoms with van der Waals surface area (Å²) in [6.07, 6.45) is -5.31. The van der Waals surface area contributed by atoms with Crippen molar-refractivity contribution in [3.05, 3.63) is 28.8 Å². The molecule has 0 aliphatic carbocycles. The second-order valence-electron chi connectivity index (χ2n) is 3.41. The summed E-state index contributed by atoms with van der Waals surface area (Å²) in [4.78, 5) is 12.3. The Morgan fingerprint density at radius 2 is 1.94 bits per heavy atom. The fraction of sp³-hybridized carbons (Fsp3) is 0.300. The predicted molar refractivity (Wildman–Crippen MR) is 56.2 cm³/mol. The van der Waals surface area contributed by atoms with Crippen LogP contribution in [-0.4, -0.2) is 25.1 Å². The molecule has 0 spiro atoms. The summed E-state index contributed by atoms with van der Waals surface area (Å²) in [5.74, 6) is -0.319. The summed E-state index contributed by atoms with van der Waals surface area (Å²) in [6, 6.07) is 2.53. The highest BCUT2D eigenvalue weighted by Gasteiger charge is 2.31. The number of rotatable bonds is 1. The van der Waals surface area contributed by atoms with Gasteiger partial charge in [-0.15, -0.1) is 0 Å². The van der Waals surface area contributed by atoms with Crippen molar-refractivity contribution in [2.24, 2.45) is 0 Å². The lowest BCUT2D eigenvalue weighted by Gasteiger charge is -2.13. The standard InChI is InChI=1S/C10H9ClF3NO2/c1-15(2)9(16)17-8-5-6(10(12,13)14)3-4-7(8)11/h3-5H,1-2H3. The van der Waals surface area contributed by atoms with E-state index in [1.54, 1.807) is 0 Å². The summed E-state index contributed by atoms with van der Waals surface area (Å²) < 4.78 is 41.9. The zero-order valence-corrected chi connectivity index (χ0v) is 9.76. The molecule has 0 atom stereocenters. The quantitative estimate of drug-likeness (QED) is 0.780. The van der Waals surface area contributed by atoms with Gasteiger partial charge < -0.3 is 9.64 Å². The van der Waals surface area contributed by atoms with Crippen molar-refractivity contribution in [2.45, 2.75) is 6.18 Å². The van der Waals surface area contributed by atoms with Crippen LogP contribution in [0.5, 0.6) is 5.75 Å².